The van der Waals surface area contributed by atoms with Gasteiger partial charge in [0, 0.05) is 12.4 Å². The molecule has 0 spiro atoms. The Bertz CT molecular complexity index is 1020. The Morgan fingerprint density at radius 2 is 1.77 bits per heavy atom. The van der Waals surface area contributed by atoms with Crippen LogP contribution in [0.1, 0.15) is 17.3 Å². The molecule has 0 aliphatic carbocycles. The number of carbonyl (C=O) groups excluding carboxylic acids is 1. The summed E-state index contributed by atoms with van der Waals surface area (Å²) in [5.41, 5.74) is 0.241. The van der Waals surface area contributed by atoms with Crippen LogP contribution in [-0.4, -0.2) is 34.0 Å². The second-order valence-corrected chi connectivity index (χ2v) is 6.14. The van der Waals surface area contributed by atoms with E-state index < -0.39 is 36.0 Å². The van der Waals surface area contributed by atoms with Gasteiger partial charge in [0.2, 0.25) is 5.78 Å². The van der Waals surface area contributed by atoms with Crippen LogP contribution >= 0.6 is 0 Å². The summed E-state index contributed by atoms with van der Waals surface area (Å²) in [5.74, 6) is -1.74. The van der Waals surface area contributed by atoms with E-state index in [0.717, 1.165) is 18.2 Å². The zero-order chi connectivity index (χ0) is 21.9. The summed E-state index contributed by atoms with van der Waals surface area (Å²) in [6.45, 7) is 1.43. The maximum absolute atomic E-state index is 13.8. The third-order valence-corrected chi connectivity index (χ3v) is 4.02. The summed E-state index contributed by atoms with van der Waals surface area (Å²) in [6.07, 6.45) is -6.83. The molecular formula is C20H15F5N2O3. The van der Waals surface area contributed by atoms with Gasteiger partial charge in [-0.15, -0.1) is 0 Å². The molecule has 3 rings (SSSR count). The van der Waals surface area contributed by atoms with Crippen LogP contribution in [0.2, 0.25) is 0 Å². The first-order valence-corrected chi connectivity index (χ1v) is 8.63. The van der Waals surface area contributed by atoms with Crippen molar-refractivity contribution < 1.29 is 36.2 Å². The van der Waals surface area contributed by atoms with E-state index in [4.69, 9.17) is 4.74 Å². The van der Waals surface area contributed by atoms with E-state index >= 15 is 0 Å². The molecule has 0 aliphatic rings. The standard InChI is InChI=1S/C20H15F5N2O3/c1-12(17(28)15-4-2-3-5-16(15)21)29-19-26-10-11-27(19)13-6-8-14(9-7-13)30-20(24,25)18(22)23/h2-12,18H,1H3/t12-/m1/s1. The number of nitrogens with zero attached hydrogens (tertiary/aromatic N) is 2. The highest BCUT2D eigenvalue weighted by Gasteiger charge is 2.43. The van der Waals surface area contributed by atoms with Gasteiger partial charge in [0.25, 0.3) is 0 Å². The number of hydrogen-bond acceptors (Lipinski definition) is 4. The van der Waals surface area contributed by atoms with Gasteiger partial charge in [0.15, 0.2) is 6.10 Å². The molecule has 0 radical (unpaired) electrons. The Labute approximate surface area is 167 Å². The molecule has 0 bridgehead atoms. The minimum atomic E-state index is -4.62. The number of ether oxygens (including phenoxy) is 2. The van der Waals surface area contributed by atoms with Crippen molar-refractivity contribution in [2.45, 2.75) is 25.6 Å². The van der Waals surface area contributed by atoms with Crippen molar-refractivity contribution in [2.75, 3.05) is 0 Å². The van der Waals surface area contributed by atoms with Crippen LogP contribution in [0.15, 0.2) is 60.9 Å². The number of ketones is 1. The molecule has 0 saturated heterocycles. The van der Waals surface area contributed by atoms with E-state index in [0.29, 0.717) is 5.69 Å². The van der Waals surface area contributed by atoms with Crippen molar-refractivity contribution >= 4 is 5.78 Å². The fourth-order valence-electron chi connectivity index (χ4n) is 2.54. The first kappa shape index (κ1) is 21.3. The van der Waals surface area contributed by atoms with E-state index in [2.05, 4.69) is 9.72 Å². The summed E-state index contributed by atoms with van der Waals surface area (Å²) >= 11 is 0. The normalized spacial score (nSPS) is 12.6. The molecule has 0 unspecified atom stereocenters. The van der Waals surface area contributed by atoms with Crippen molar-refractivity contribution in [1.82, 2.24) is 9.55 Å². The second kappa shape index (κ2) is 8.52. The van der Waals surface area contributed by atoms with Gasteiger partial charge in [-0.05, 0) is 43.3 Å². The number of halogens is 5. The predicted molar refractivity (Wildman–Crippen MR) is 96.0 cm³/mol. The summed E-state index contributed by atoms with van der Waals surface area (Å²) < 4.78 is 75.2. The summed E-state index contributed by atoms with van der Waals surface area (Å²) in [5, 5.41) is 0. The number of rotatable bonds is 8. The zero-order valence-electron chi connectivity index (χ0n) is 15.4. The number of alkyl halides is 4. The molecule has 158 valence electrons. The fraction of sp³-hybridized carbons (Fsp3) is 0.200. The summed E-state index contributed by atoms with van der Waals surface area (Å²) in [4.78, 5) is 16.4. The minimum Gasteiger partial charge on any atom is -0.453 e. The number of hydrogen-bond donors (Lipinski definition) is 0. The van der Waals surface area contributed by atoms with Crippen LogP contribution in [-0.2, 0) is 0 Å². The van der Waals surface area contributed by atoms with Crippen LogP contribution in [0, 0.1) is 5.82 Å². The molecule has 2 aromatic carbocycles. The highest BCUT2D eigenvalue weighted by molar-refractivity contribution is 5.99. The largest absolute Gasteiger partial charge is 0.461 e. The van der Waals surface area contributed by atoms with Crippen molar-refractivity contribution in [3.63, 3.8) is 0 Å². The van der Waals surface area contributed by atoms with E-state index in [9.17, 15) is 26.7 Å². The number of carbonyl (C=O) groups is 1. The van der Waals surface area contributed by atoms with Crippen molar-refractivity contribution in [3.05, 3.63) is 72.3 Å². The van der Waals surface area contributed by atoms with Crippen LogP contribution in [0.3, 0.4) is 0 Å². The van der Waals surface area contributed by atoms with E-state index in [1.807, 2.05) is 0 Å². The summed E-state index contributed by atoms with van der Waals surface area (Å²) in [6, 6.07) is 10.2. The summed E-state index contributed by atoms with van der Waals surface area (Å²) in [7, 11) is 0. The molecule has 1 atom stereocenters. The van der Waals surface area contributed by atoms with Crippen molar-refractivity contribution in [3.8, 4) is 17.4 Å². The SMILES string of the molecule is C[C@@H](Oc1nccn1-c1ccc(OC(F)(F)C(F)F)cc1)C(=O)c1ccccc1F. The molecule has 5 nitrogen and oxygen atoms in total. The van der Waals surface area contributed by atoms with E-state index in [1.54, 1.807) is 0 Å². The highest BCUT2D eigenvalue weighted by Crippen LogP contribution is 2.28. The molecule has 0 aliphatic heterocycles. The predicted octanol–water partition coefficient (Wildman–Crippen LogP) is 4.90. The van der Waals surface area contributed by atoms with Crippen molar-refractivity contribution in [2.24, 2.45) is 0 Å². The Morgan fingerprint density at radius 1 is 1.10 bits per heavy atom. The molecule has 30 heavy (non-hydrogen) atoms. The average Bonchev–Trinajstić information content (AvgIpc) is 3.16. The molecule has 0 fully saturated rings. The van der Waals surface area contributed by atoms with Crippen molar-refractivity contribution in [1.29, 1.82) is 0 Å². The lowest BCUT2D eigenvalue weighted by Gasteiger charge is -2.17. The number of imidazole rings is 1. The smallest absolute Gasteiger partial charge is 0.453 e. The maximum atomic E-state index is 13.8. The number of Topliss-reactive ketones (excluding diaryl/α,β-unsaturated/α-hetero) is 1. The van der Waals surface area contributed by atoms with Gasteiger partial charge in [0.1, 0.15) is 11.6 Å². The van der Waals surface area contributed by atoms with Gasteiger partial charge in [-0.3, -0.25) is 9.36 Å². The molecule has 3 aromatic rings. The topological polar surface area (TPSA) is 53.4 Å². The first-order chi connectivity index (χ1) is 14.2. The van der Waals surface area contributed by atoms with Gasteiger partial charge in [-0.1, -0.05) is 12.1 Å². The fourth-order valence-corrected chi connectivity index (χ4v) is 2.54. The number of aromatic nitrogens is 2. The van der Waals surface area contributed by atoms with Gasteiger partial charge in [-0.2, -0.15) is 17.6 Å². The maximum Gasteiger partial charge on any atom is 0.461 e. The average molecular weight is 426 g/mol. The van der Waals surface area contributed by atoms with Crippen LogP contribution in [0.25, 0.3) is 5.69 Å². The van der Waals surface area contributed by atoms with E-state index in [-0.39, 0.29) is 11.6 Å². The molecule has 0 saturated carbocycles. The molecule has 0 amide bonds. The first-order valence-electron chi connectivity index (χ1n) is 8.63. The third-order valence-electron chi connectivity index (χ3n) is 4.02. The van der Waals surface area contributed by atoms with Crippen LogP contribution < -0.4 is 9.47 Å². The van der Waals surface area contributed by atoms with Gasteiger partial charge < -0.3 is 9.47 Å². The Kier molecular flexibility index (Phi) is 6.04. The van der Waals surface area contributed by atoms with Crippen LogP contribution in [0.4, 0.5) is 22.0 Å². The highest BCUT2D eigenvalue weighted by atomic mass is 19.3. The van der Waals surface area contributed by atoms with Gasteiger partial charge in [0.05, 0.1) is 11.3 Å². The van der Waals surface area contributed by atoms with E-state index in [1.165, 1.54) is 54.2 Å². The Morgan fingerprint density at radius 3 is 2.40 bits per heavy atom. The lowest BCUT2D eigenvalue weighted by Crippen LogP contribution is -2.33. The zero-order valence-corrected chi connectivity index (χ0v) is 15.4. The lowest BCUT2D eigenvalue weighted by molar-refractivity contribution is -0.253. The monoisotopic (exact) mass is 426 g/mol. The van der Waals surface area contributed by atoms with Crippen LogP contribution in [0.5, 0.6) is 11.8 Å². The second-order valence-electron chi connectivity index (χ2n) is 6.14. The quantitative estimate of drug-likeness (QED) is 0.380. The Hall–Kier alpha value is -3.43. The number of benzene rings is 2. The third kappa shape index (κ3) is 4.58. The van der Waals surface area contributed by atoms with Gasteiger partial charge >= 0.3 is 18.5 Å². The molecular weight excluding hydrogens is 411 g/mol. The Balaban J connectivity index is 1.75. The molecule has 1 heterocycles. The molecule has 1 aromatic heterocycles. The minimum absolute atomic E-state index is 0.0150. The molecule has 10 heteroatoms. The molecule has 0 N–H and O–H groups in total. The van der Waals surface area contributed by atoms with Gasteiger partial charge in [-0.25, -0.2) is 9.37 Å². The lowest BCUT2D eigenvalue weighted by atomic mass is 10.1.